The highest BCUT2D eigenvalue weighted by atomic mass is 13.9. The second kappa shape index (κ2) is 14.9. The number of rotatable bonds is 8. The monoisotopic (exact) mass is 229 g/mol. The quantitative estimate of drug-likeness (QED) is 0.409. The fraction of sp³-hybridized carbons (Fsp3) is 0.588. The largest absolute Gasteiger partial charge is 0.0891 e. The minimum atomic E-state index is 0.984. The molecule has 0 aromatic carbocycles. The average Bonchev–Trinajstić information content (AvgIpc) is 2.35. The second-order valence-corrected chi connectivity index (χ2v) is 4.13. The van der Waals surface area contributed by atoms with E-state index in [0.29, 0.717) is 0 Å². The number of allylic oxidation sites excluding steroid dienone is 2. The van der Waals surface area contributed by atoms with Gasteiger partial charge >= 0.3 is 0 Å². The van der Waals surface area contributed by atoms with E-state index in [1.807, 2.05) is 6.08 Å². The summed E-state index contributed by atoms with van der Waals surface area (Å²) in [6.45, 7) is 6.00. The number of hydrogen-bond donors (Lipinski definition) is 0. The topological polar surface area (TPSA) is 0 Å². The van der Waals surface area contributed by atoms with Gasteiger partial charge in [-0.05, 0) is 30.8 Å². The Hall–Kier alpha value is -1.14. The van der Waals surface area contributed by atoms with Crippen molar-refractivity contribution in [2.24, 2.45) is 0 Å². The van der Waals surface area contributed by atoms with Gasteiger partial charge in [0.15, 0.2) is 0 Å². The zero-order chi connectivity index (χ0) is 12.6. The van der Waals surface area contributed by atoms with Crippen LogP contribution in [0.4, 0.5) is 0 Å². The van der Waals surface area contributed by atoms with E-state index < -0.39 is 0 Å². The van der Waals surface area contributed by atoms with E-state index in [-0.39, 0.29) is 0 Å². The van der Waals surface area contributed by atoms with Gasteiger partial charge in [0.2, 0.25) is 0 Å². The molecule has 0 aromatic rings. The lowest BCUT2D eigenvalue weighted by Gasteiger charge is -1.95. The lowest BCUT2D eigenvalue weighted by Crippen LogP contribution is -1.77. The van der Waals surface area contributed by atoms with Crippen molar-refractivity contribution >= 4 is 0 Å². The molecule has 0 atom stereocenters. The first-order chi connectivity index (χ1) is 8.41. The molecular weight excluding hydrogens is 204 g/mol. The van der Waals surface area contributed by atoms with Crippen LogP contribution in [-0.2, 0) is 0 Å². The third kappa shape index (κ3) is 14.9. The highest BCUT2D eigenvalue weighted by Crippen LogP contribution is 2.05. The van der Waals surface area contributed by atoms with Crippen LogP contribution < -0.4 is 0 Å². The summed E-state index contributed by atoms with van der Waals surface area (Å²) in [4.78, 5) is 0. The van der Waals surface area contributed by atoms with Crippen molar-refractivity contribution in [3.8, 4) is 23.7 Å². The van der Waals surface area contributed by atoms with Crippen LogP contribution in [0, 0.1) is 30.6 Å². The Bertz CT molecular complexity index is 287. The predicted octanol–water partition coefficient (Wildman–Crippen LogP) is 4.91. The van der Waals surface area contributed by atoms with Crippen molar-refractivity contribution in [2.75, 3.05) is 0 Å². The van der Waals surface area contributed by atoms with Crippen LogP contribution in [0.15, 0.2) is 12.2 Å². The van der Waals surface area contributed by atoms with E-state index >= 15 is 0 Å². The predicted molar refractivity (Wildman–Crippen MR) is 77.3 cm³/mol. The lowest BCUT2D eigenvalue weighted by atomic mass is 10.1. The Morgan fingerprint density at radius 1 is 1.00 bits per heavy atom. The average molecular weight is 229 g/mol. The van der Waals surface area contributed by atoms with Crippen molar-refractivity contribution in [1.82, 2.24) is 0 Å². The maximum absolute atomic E-state index is 3.84. The molecule has 0 aliphatic rings. The summed E-state index contributed by atoms with van der Waals surface area (Å²) in [5.74, 6) is 11.8. The van der Waals surface area contributed by atoms with Crippen LogP contribution in [0.25, 0.3) is 0 Å². The lowest BCUT2D eigenvalue weighted by molar-refractivity contribution is 0.624. The summed E-state index contributed by atoms with van der Waals surface area (Å²) < 4.78 is 0. The standard InChI is InChI=1S/C17H25/c1-3-5-7-9-11-13-15-17-16-14-12-10-8-6-4-2/h8,10H,1,3-7,9,11,13,15H2,2H3/b10-8+. The fourth-order valence-electron chi connectivity index (χ4n) is 1.41. The minimum absolute atomic E-state index is 0.984. The Morgan fingerprint density at radius 3 is 2.53 bits per heavy atom. The van der Waals surface area contributed by atoms with Crippen molar-refractivity contribution in [2.45, 2.75) is 64.7 Å². The van der Waals surface area contributed by atoms with Crippen molar-refractivity contribution < 1.29 is 0 Å². The molecule has 0 aliphatic carbocycles. The Kier molecular flexibility index (Phi) is 13.9. The maximum atomic E-state index is 3.84. The highest BCUT2D eigenvalue weighted by Gasteiger charge is 1.87. The van der Waals surface area contributed by atoms with Crippen LogP contribution in [0.3, 0.4) is 0 Å². The van der Waals surface area contributed by atoms with Crippen molar-refractivity contribution in [3.63, 3.8) is 0 Å². The third-order valence-corrected chi connectivity index (χ3v) is 2.43. The summed E-state index contributed by atoms with van der Waals surface area (Å²) in [5, 5.41) is 0. The number of unbranched alkanes of at least 4 members (excludes halogenated alkanes) is 7. The van der Waals surface area contributed by atoms with Gasteiger partial charge in [-0.25, -0.2) is 0 Å². The van der Waals surface area contributed by atoms with E-state index in [1.165, 1.54) is 38.5 Å². The molecule has 0 fully saturated rings. The molecule has 17 heavy (non-hydrogen) atoms. The van der Waals surface area contributed by atoms with Gasteiger partial charge in [-0.15, -0.1) is 0 Å². The normalized spacial score (nSPS) is 9.53. The van der Waals surface area contributed by atoms with Crippen LogP contribution >= 0.6 is 0 Å². The number of hydrogen-bond acceptors (Lipinski definition) is 0. The van der Waals surface area contributed by atoms with Crippen LogP contribution in [-0.4, -0.2) is 0 Å². The summed E-state index contributed by atoms with van der Waals surface area (Å²) >= 11 is 0. The van der Waals surface area contributed by atoms with Crippen LogP contribution in [0.5, 0.6) is 0 Å². The molecule has 0 saturated carbocycles. The van der Waals surface area contributed by atoms with Gasteiger partial charge in [0.1, 0.15) is 0 Å². The molecular formula is C17H25. The molecule has 0 N–H and O–H groups in total. The van der Waals surface area contributed by atoms with E-state index in [2.05, 4.69) is 43.6 Å². The maximum Gasteiger partial charge on any atom is 0.00989 e. The zero-order valence-corrected chi connectivity index (χ0v) is 11.2. The molecule has 0 spiro atoms. The van der Waals surface area contributed by atoms with Gasteiger partial charge in [-0.1, -0.05) is 70.3 Å². The first kappa shape index (κ1) is 15.9. The van der Waals surface area contributed by atoms with Gasteiger partial charge in [0, 0.05) is 6.42 Å². The van der Waals surface area contributed by atoms with E-state index in [0.717, 1.165) is 19.3 Å². The molecule has 0 heteroatoms. The SMILES string of the molecule is [CH2]CCCCCCCC#CC#C/C=C/CCC. The minimum Gasteiger partial charge on any atom is -0.0891 e. The molecule has 0 nitrogen and oxygen atoms in total. The van der Waals surface area contributed by atoms with Gasteiger partial charge in [-0.3, -0.25) is 0 Å². The molecule has 0 heterocycles. The Balaban J connectivity index is 3.36. The van der Waals surface area contributed by atoms with Crippen molar-refractivity contribution in [3.05, 3.63) is 19.1 Å². The van der Waals surface area contributed by atoms with Gasteiger partial charge in [0.25, 0.3) is 0 Å². The second-order valence-electron chi connectivity index (χ2n) is 4.13. The van der Waals surface area contributed by atoms with E-state index in [1.54, 1.807) is 0 Å². The smallest absolute Gasteiger partial charge is 0.00989 e. The molecule has 1 radical (unpaired) electrons. The molecule has 0 rings (SSSR count). The zero-order valence-electron chi connectivity index (χ0n) is 11.2. The fourth-order valence-corrected chi connectivity index (χ4v) is 1.41. The summed E-state index contributed by atoms with van der Waals surface area (Å²) in [5.41, 5.74) is 0. The first-order valence-corrected chi connectivity index (χ1v) is 6.84. The third-order valence-electron chi connectivity index (χ3n) is 2.43. The van der Waals surface area contributed by atoms with Crippen LogP contribution in [0.1, 0.15) is 64.7 Å². The van der Waals surface area contributed by atoms with Gasteiger partial charge in [0.05, 0.1) is 0 Å². The van der Waals surface area contributed by atoms with E-state index in [4.69, 9.17) is 0 Å². The summed E-state index contributed by atoms with van der Waals surface area (Å²) in [7, 11) is 0. The summed E-state index contributed by atoms with van der Waals surface area (Å²) in [6, 6.07) is 0. The molecule has 0 unspecified atom stereocenters. The van der Waals surface area contributed by atoms with Crippen LogP contribution in [0.2, 0.25) is 0 Å². The molecule has 0 aromatic heterocycles. The van der Waals surface area contributed by atoms with Gasteiger partial charge in [-0.2, -0.15) is 0 Å². The molecule has 0 bridgehead atoms. The molecule has 0 aliphatic heterocycles. The van der Waals surface area contributed by atoms with Gasteiger partial charge < -0.3 is 0 Å². The molecule has 93 valence electrons. The first-order valence-electron chi connectivity index (χ1n) is 6.84. The summed E-state index contributed by atoms with van der Waals surface area (Å²) in [6.07, 6.45) is 14.7. The Morgan fingerprint density at radius 2 is 1.76 bits per heavy atom. The molecule has 0 saturated heterocycles. The van der Waals surface area contributed by atoms with Crippen molar-refractivity contribution in [1.29, 1.82) is 0 Å². The molecule has 0 amide bonds. The highest BCUT2D eigenvalue weighted by molar-refractivity contribution is 5.30. The Labute approximate surface area is 108 Å². The van der Waals surface area contributed by atoms with E-state index in [9.17, 15) is 0 Å².